The molecule has 1 aromatic carbocycles. The Hall–Kier alpha value is -3.62. The number of amides is 1. The van der Waals surface area contributed by atoms with Gasteiger partial charge in [0.05, 0.1) is 19.9 Å². The minimum Gasteiger partial charge on any atom is -0.493 e. The Morgan fingerprint density at radius 1 is 1.06 bits per heavy atom. The molecule has 0 aliphatic rings. The summed E-state index contributed by atoms with van der Waals surface area (Å²) < 4.78 is 12.4. The van der Waals surface area contributed by atoms with Crippen LogP contribution < -0.4 is 19.7 Å². The maximum atomic E-state index is 12.4. The summed E-state index contributed by atoms with van der Waals surface area (Å²) >= 11 is 0. The topological polar surface area (TPSA) is 94.4 Å². The molecule has 9 heteroatoms. The molecule has 0 fully saturated rings. The first kappa shape index (κ1) is 24.0. The van der Waals surface area contributed by atoms with Gasteiger partial charge in [-0.25, -0.2) is 14.6 Å². The number of rotatable bonds is 10. The number of benzene rings is 1. The first-order chi connectivity index (χ1) is 15.8. The molecule has 0 aliphatic heterocycles. The fraction of sp³-hybridized carbons (Fsp3) is 0.417. The Labute approximate surface area is 194 Å². The van der Waals surface area contributed by atoms with Crippen molar-refractivity contribution in [2.24, 2.45) is 0 Å². The third-order valence-corrected chi connectivity index (χ3v) is 5.54. The highest BCUT2D eigenvalue weighted by Gasteiger charge is 2.16. The van der Waals surface area contributed by atoms with Crippen molar-refractivity contribution in [3.05, 3.63) is 53.1 Å². The van der Waals surface area contributed by atoms with Crippen molar-refractivity contribution in [3.63, 3.8) is 0 Å². The Morgan fingerprint density at radius 2 is 1.82 bits per heavy atom. The third-order valence-electron chi connectivity index (χ3n) is 5.54. The molecule has 176 valence electrons. The number of carbonyl (C=O) groups is 1. The highest BCUT2D eigenvalue weighted by molar-refractivity contribution is 5.76. The van der Waals surface area contributed by atoms with E-state index in [1.807, 2.05) is 61.8 Å². The average molecular weight is 453 g/mol. The molecule has 0 unspecified atom stereocenters. The van der Waals surface area contributed by atoms with Gasteiger partial charge in [-0.15, -0.1) is 0 Å². The maximum absolute atomic E-state index is 12.4. The van der Waals surface area contributed by atoms with Gasteiger partial charge in [0, 0.05) is 38.8 Å². The normalized spacial score (nSPS) is 10.7. The number of hydrogen-bond donors (Lipinski definition) is 1. The Kier molecular flexibility index (Phi) is 7.87. The number of ether oxygens (including phenoxy) is 2. The molecule has 3 rings (SSSR count). The Balaban J connectivity index is 1.57. The zero-order valence-corrected chi connectivity index (χ0v) is 20.2. The van der Waals surface area contributed by atoms with E-state index >= 15 is 0 Å². The number of carbonyl (C=O) groups excluding carboxylic acids is 1. The van der Waals surface area contributed by atoms with Crippen molar-refractivity contribution in [1.82, 2.24) is 25.1 Å². The lowest BCUT2D eigenvalue weighted by Gasteiger charge is -2.12. The van der Waals surface area contributed by atoms with Crippen molar-refractivity contribution in [2.75, 3.05) is 39.8 Å². The van der Waals surface area contributed by atoms with Crippen LogP contribution in [-0.2, 0) is 17.6 Å². The zero-order valence-electron chi connectivity index (χ0n) is 20.2. The van der Waals surface area contributed by atoms with Crippen LogP contribution in [0.2, 0.25) is 0 Å². The monoisotopic (exact) mass is 452 g/mol. The molecule has 0 aliphatic carbocycles. The van der Waals surface area contributed by atoms with Crippen molar-refractivity contribution in [2.45, 2.75) is 33.1 Å². The molecule has 0 saturated carbocycles. The predicted molar refractivity (Wildman–Crippen MR) is 128 cm³/mol. The van der Waals surface area contributed by atoms with Gasteiger partial charge in [0.2, 0.25) is 5.91 Å². The van der Waals surface area contributed by atoms with Gasteiger partial charge in [-0.2, -0.15) is 5.10 Å². The molecule has 1 amide bonds. The summed E-state index contributed by atoms with van der Waals surface area (Å²) in [6.45, 7) is 4.52. The SMILES string of the molecule is COc1ccc(CCNC(=O)CCc2c(C)nn(-c3cc(N(C)C)ncn3)c2C)cc1OC. The standard InChI is InChI=1S/C24H32N6O3/c1-16-19(17(2)30(28-16)23-14-22(29(3)4)26-15-27-23)8-10-24(31)25-12-11-18-7-9-20(32-5)21(13-18)33-6/h7,9,13-15H,8,10-12H2,1-6H3,(H,25,31). The third kappa shape index (κ3) is 5.79. The number of nitrogens with one attached hydrogen (secondary N) is 1. The number of aryl methyl sites for hydroxylation is 1. The molecule has 0 spiro atoms. The summed E-state index contributed by atoms with van der Waals surface area (Å²) in [6, 6.07) is 7.67. The van der Waals surface area contributed by atoms with E-state index in [0.717, 1.165) is 28.3 Å². The van der Waals surface area contributed by atoms with Crippen LogP contribution in [0.25, 0.3) is 5.82 Å². The van der Waals surface area contributed by atoms with Crippen LogP contribution in [-0.4, -0.2) is 60.5 Å². The summed E-state index contributed by atoms with van der Waals surface area (Å²) in [6.07, 6.45) is 3.26. The van der Waals surface area contributed by atoms with E-state index < -0.39 is 0 Å². The predicted octanol–water partition coefficient (Wildman–Crippen LogP) is 2.65. The van der Waals surface area contributed by atoms with Gasteiger partial charge in [-0.05, 0) is 49.9 Å². The molecular formula is C24H32N6O3. The molecule has 0 atom stereocenters. The maximum Gasteiger partial charge on any atom is 0.220 e. The summed E-state index contributed by atoms with van der Waals surface area (Å²) in [7, 11) is 7.09. The molecule has 0 radical (unpaired) electrons. The lowest BCUT2D eigenvalue weighted by molar-refractivity contribution is -0.121. The number of nitrogens with zero attached hydrogens (tertiary/aromatic N) is 5. The first-order valence-corrected chi connectivity index (χ1v) is 10.9. The molecule has 2 aromatic heterocycles. The van der Waals surface area contributed by atoms with Crippen LogP contribution >= 0.6 is 0 Å². The second-order valence-corrected chi connectivity index (χ2v) is 7.98. The minimum absolute atomic E-state index is 0.0129. The molecule has 3 aromatic rings. The van der Waals surface area contributed by atoms with Gasteiger partial charge in [0.1, 0.15) is 12.1 Å². The van der Waals surface area contributed by atoms with Crippen molar-refractivity contribution < 1.29 is 14.3 Å². The van der Waals surface area contributed by atoms with Crippen molar-refractivity contribution in [3.8, 4) is 17.3 Å². The van der Waals surface area contributed by atoms with Crippen LogP contribution in [0.5, 0.6) is 11.5 Å². The second kappa shape index (κ2) is 10.8. The van der Waals surface area contributed by atoms with Crippen LogP contribution in [0.4, 0.5) is 5.82 Å². The quantitative estimate of drug-likeness (QED) is 0.505. The molecule has 33 heavy (non-hydrogen) atoms. The van der Waals surface area contributed by atoms with E-state index in [0.29, 0.717) is 43.1 Å². The molecule has 9 nitrogen and oxygen atoms in total. The first-order valence-electron chi connectivity index (χ1n) is 10.9. The summed E-state index contributed by atoms with van der Waals surface area (Å²) in [5, 5.41) is 7.65. The Bertz CT molecular complexity index is 1110. The van der Waals surface area contributed by atoms with E-state index in [9.17, 15) is 4.79 Å². The van der Waals surface area contributed by atoms with Gasteiger partial charge >= 0.3 is 0 Å². The fourth-order valence-electron chi connectivity index (χ4n) is 3.67. The highest BCUT2D eigenvalue weighted by atomic mass is 16.5. The summed E-state index contributed by atoms with van der Waals surface area (Å²) in [4.78, 5) is 23.0. The van der Waals surface area contributed by atoms with Crippen LogP contribution in [0.1, 0.15) is 28.9 Å². The summed E-state index contributed by atoms with van der Waals surface area (Å²) in [5.74, 6) is 2.91. The second-order valence-electron chi connectivity index (χ2n) is 7.98. The highest BCUT2D eigenvalue weighted by Crippen LogP contribution is 2.27. The fourth-order valence-corrected chi connectivity index (χ4v) is 3.67. The van der Waals surface area contributed by atoms with E-state index in [1.165, 1.54) is 6.33 Å². The van der Waals surface area contributed by atoms with E-state index in [4.69, 9.17) is 9.47 Å². The van der Waals surface area contributed by atoms with Gasteiger partial charge in [-0.3, -0.25) is 4.79 Å². The van der Waals surface area contributed by atoms with Gasteiger partial charge in [0.25, 0.3) is 0 Å². The molecule has 2 heterocycles. The van der Waals surface area contributed by atoms with E-state index in [-0.39, 0.29) is 5.91 Å². The van der Waals surface area contributed by atoms with Crippen molar-refractivity contribution in [1.29, 1.82) is 0 Å². The number of aromatic nitrogens is 4. The number of hydrogen-bond acceptors (Lipinski definition) is 7. The van der Waals surface area contributed by atoms with E-state index in [1.54, 1.807) is 14.2 Å². The minimum atomic E-state index is 0.0129. The van der Waals surface area contributed by atoms with Crippen LogP contribution in [0, 0.1) is 13.8 Å². The number of anilines is 1. The van der Waals surface area contributed by atoms with Crippen LogP contribution in [0.3, 0.4) is 0 Å². The smallest absolute Gasteiger partial charge is 0.220 e. The summed E-state index contributed by atoms with van der Waals surface area (Å²) in [5.41, 5.74) is 4.02. The molecule has 0 saturated heterocycles. The molecule has 1 N–H and O–H groups in total. The molecule has 0 bridgehead atoms. The molecular weight excluding hydrogens is 420 g/mol. The van der Waals surface area contributed by atoms with Gasteiger partial charge in [-0.1, -0.05) is 6.07 Å². The zero-order chi connectivity index (χ0) is 24.0. The van der Waals surface area contributed by atoms with Gasteiger partial charge < -0.3 is 19.7 Å². The Morgan fingerprint density at radius 3 is 2.52 bits per heavy atom. The largest absolute Gasteiger partial charge is 0.493 e. The van der Waals surface area contributed by atoms with Crippen LogP contribution in [0.15, 0.2) is 30.6 Å². The number of methoxy groups -OCH3 is 2. The average Bonchev–Trinajstić information content (AvgIpc) is 3.10. The lowest BCUT2D eigenvalue weighted by Crippen LogP contribution is -2.26. The lowest BCUT2D eigenvalue weighted by atomic mass is 10.1. The van der Waals surface area contributed by atoms with E-state index in [2.05, 4.69) is 20.4 Å². The van der Waals surface area contributed by atoms with Crippen molar-refractivity contribution >= 4 is 11.7 Å². The van der Waals surface area contributed by atoms with Gasteiger partial charge in [0.15, 0.2) is 17.3 Å².